The summed E-state index contributed by atoms with van der Waals surface area (Å²) >= 11 is 0. The lowest BCUT2D eigenvalue weighted by Crippen LogP contribution is -2.38. The average molecular weight is 283 g/mol. The van der Waals surface area contributed by atoms with Crippen molar-refractivity contribution in [1.82, 2.24) is 10.2 Å². The van der Waals surface area contributed by atoms with Gasteiger partial charge in [0.1, 0.15) is 0 Å². The van der Waals surface area contributed by atoms with Crippen LogP contribution in [0.4, 0.5) is 0 Å². The zero-order valence-corrected chi connectivity index (χ0v) is 14.8. The monoisotopic (exact) mass is 282 g/mol. The van der Waals surface area contributed by atoms with Gasteiger partial charge in [-0.2, -0.15) is 0 Å². The van der Waals surface area contributed by atoms with Gasteiger partial charge in [0, 0.05) is 11.6 Å². The van der Waals surface area contributed by atoms with Crippen molar-refractivity contribution in [2.45, 2.75) is 85.2 Å². The first kappa shape index (κ1) is 18.0. The molecule has 0 radical (unpaired) electrons. The summed E-state index contributed by atoms with van der Waals surface area (Å²) in [5.41, 5.74) is 0.260. The summed E-state index contributed by atoms with van der Waals surface area (Å²) in [4.78, 5) is 2.74. The van der Waals surface area contributed by atoms with Gasteiger partial charge in [0.15, 0.2) is 0 Å². The SMILES string of the molecule is CC(C)C1CCCN(C(C)CCCNC(C)(C)C)CC1. The van der Waals surface area contributed by atoms with Gasteiger partial charge in [0.2, 0.25) is 0 Å². The molecule has 0 amide bonds. The summed E-state index contributed by atoms with van der Waals surface area (Å²) in [6.45, 7) is 17.7. The van der Waals surface area contributed by atoms with E-state index in [0.29, 0.717) is 0 Å². The maximum Gasteiger partial charge on any atom is 0.00965 e. The van der Waals surface area contributed by atoms with Gasteiger partial charge in [0.05, 0.1) is 0 Å². The molecule has 1 N–H and O–H groups in total. The Morgan fingerprint density at radius 1 is 1.10 bits per heavy atom. The van der Waals surface area contributed by atoms with Crippen LogP contribution in [-0.2, 0) is 0 Å². The van der Waals surface area contributed by atoms with Gasteiger partial charge in [0.25, 0.3) is 0 Å². The molecule has 20 heavy (non-hydrogen) atoms. The van der Waals surface area contributed by atoms with E-state index in [9.17, 15) is 0 Å². The summed E-state index contributed by atoms with van der Waals surface area (Å²) in [6.07, 6.45) is 6.86. The Bertz CT molecular complexity index is 255. The lowest BCUT2D eigenvalue weighted by atomic mass is 9.89. The molecule has 0 aliphatic carbocycles. The molecule has 0 aromatic rings. The highest BCUT2D eigenvalue weighted by atomic mass is 15.1. The van der Waals surface area contributed by atoms with Gasteiger partial charge in [-0.3, -0.25) is 0 Å². The minimum Gasteiger partial charge on any atom is -0.312 e. The standard InChI is InChI=1S/C18H38N2/c1-15(2)17-10-8-13-20(14-11-17)16(3)9-7-12-19-18(4,5)6/h15-17,19H,7-14H2,1-6H3. The summed E-state index contributed by atoms with van der Waals surface area (Å²) in [5, 5.41) is 3.60. The molecule has 0 bridgehead atoms. The second-order valence-electron chi connectivity index (χ2n) is 8.14. The molecule has 0 saturated carbocycles. The third-order valence-corrected chi connectivity index (χ3v) is 4.83. The van der Waals surface area contributed by atoms with Crippen molar-refractivity contribution in [2.24, 2.45) is 11.8 Å². The maximum absolute atomic E-state index is 3.60. The Morgan fingerprint density at radius 2 is 1.80 bits per heavy atom. The van der Waals surface area contributed by atoms with Crippen LogP contribution >= 0.6 is 0 Å². The van der Waals surface area contributed by atoms with Crippen molar-refractivity contribution >= 4 is 0 Å². The molecule has 1 fully saturated rings. The largest absolute Gasteiger partial charge is 0.312 e. The van der Waals surface area contributed by atoms with Gasteiger partial charge < -0.3 is 10.2 Å². The molecule has 0 aromatic carbocycles. The fourth-order valence-electron chi connectivity index (χ4n) is 3.30. The molecular weight excluding hydrogens is 244 g/mol. The second-order valence-corrected chi connectivity index (χ2v) is 8.14. The predicted molar refractivity (Wildman–Crippen MR) is 90.2 cm³/mol. The zero-order chi connectivity index (χ0) is 15.2. The van der Waals surface area contributed by atoms with E-state index in [0.717, 1.165) is 24.4 Å². The number of nitrogens with zero attached hydrogens (tertiary/aromatic N) is 1. The molecule has 0 aromatic heterocycles. The van der Waals surface area contributed by atoms with Gasteiger partial charge in [-0.15, -0.1) is 0 Å². The first-order chi connectivity index (χ1) is 9.29. The third kappa shape index (κ3) is 7.08. The number of rotatable bonds is 6. The highest BCUT2D eigenvalue weighted by Crippen LogP contribution is 2.25. The molecular formula is C18H38N2. The van der Waals surface area contributed by atoms with E-state index in [4.69, 9.17) is 0 Å². The molecule has 2 unspecified atom stereocenters. The quantitative estimate of drug-likeness (QED) is 0.731. The average Bonchev–Trinajstić information content (AvgIpc) is 2.58. The zero-order valence-electron chi connectivity index (χ0n) is 14.8. The van der Waals surface area contributed by atoms with Crippen molar-refractivity contribution in [3.05, 3.63) is 0 Å². The van der Waals surface area contributed by atoms with Gasteiger partial charge >= 0.3 is 0 Å². The van der Waals surface area contributed by atoms with E-state index in [1.807, 2.05) is 0 Å². The van der Waals surface area contributed by atoms with Crippen molar-refractivity contribution < 1.29 is 0 Å². The smallest absolute Gasteiger partial charge is 0.00965 e. The third-order valence-electron chi connectivity index (χ3n) is 4.83. The molecule has 2 heteroatoms. The van der Waals surface area contributed by atoms with Gasteiger partial charge in [-0.25, -0.2) is 0 Å². The van der Waals surface area contributed by atoms with Crippen LogP contribution in [0.5, 0.6) is 0 Å². The summed E-state index contributed by atoms with van der Waals surface area (Å²) in [6, 6.07) is 0.752. The molecule has 1 heterocycles. The van der Waals surface area contributed by atoms with Crippen LogP contribution in [0.1, 0.15) is 73.6 Å². The minimum atomic E-state index is 0.260. The summed E-state index contributed by atoms with van der Waals surface area (Å²) < 4.78 is 0. The minimum absolute atomic E-state index is 0.260. The summed E-state index contributed by atoms with van der Waals surface area (Å²) in [7, 11) is 0. The van der Waals surface area contributed by atoms with E-state index >= 15 is 0 Å². The van der Waals surface area contributed by atoms with E-state index in [1.165, 1.54) is 45.2 Å². The predicted octanol–water partition coefficient (Wildman–Crippen LogP) is 4.30. The molecule has 2 nitrogen and oxygen atoms in total. The highest BCUT2D eigenvalue weighted by molar-refractivity contribution is 4.76. The van der Waals surface area contributed by atoms with Gasteiger partial charge in [-0.05, 0) is 91.3 Å². The topological polar surface area (TPSA) is 15.3 Å². The number of hydrogen-bond acceptors (Lipinski definition) is 2. The normalized spacial score (nSPS) is 23.9. The van der Waals surface area contributed by atoms with E-state index in [1.54, 1.807) is 0 Å². The molecule has 0 spiro atoms. The molecule has 1 saturated heterocycles. The van der Waals surface area contributed by atoms with Gasteiger partial charge in [-0.1, -0.05) is 13.8 Å². The number of likely N-dealkylation sites (tertiary alicyclic amines) is 1. The van der Waals surface area contributed by atoms with E-state index in [-0.39, 0.29) is 5.54 Å². The Morgan fingerprint density at radius 3 is 2.40 bits per heavy atom. The Hall–Kier alpha value is -0.0800. The van der Waals surface area contributed by atoms with Crippen molar-refractivity contribution in [1.29, 1.82) is 0 Å². The van der Waals surface area contributed by atoms with Crippen molar-refractivity contribution in [3.63, 3.8) is 0 Å². The second kappa shape index (κ2) is 8.38. The van der Waals surface area contributed by atoms with E-state index in [2.05, 4.69) is 51.8 Å². The molecule has 120 valence electrons. The number of nitrogens with one attached hydrogen (secondary N) is 1. The van der Waals surface area contributed by atoms with Crippen molar-refractivity contribution in [2.75, 3.05) is 19.6 Å². The first-order valence-corrected chi connectivity index (χ1v) is 8.78. The Balaban J connectivity index is 2.24. The van der Waals surface area contributed by atoms with Crippen LogP contribution in [0.25, 0.3) is 0 Å². The van der Waals surface area contributed by atoms with Crippen LogP contribution in [0.15, 0.2) is 0 Å². The Labute approximate surface area is 127 Å². The molecule has 1 rings (SSSR count). The Kier molecular flexibility index (Phi) is 7.53. The van der Waals surface area contributed by atoms with E-state index < -0.39 is 0 Å². The van der Waals surface area contributed by atoms with Crippen LogP contribution < -0.4 is 5.32 Å². The van der Waals surface area contributed by atoms with Crippen LogP contribution in [-0.4, -0.2) is 36.1 Å². The molecule has 1 aliphatic rings. The van der Waals surface area contributed by atoms with Crippen LogP contribution in [0.2, 0.25) is 0 Å². The maximum atomic E-state index is 3.60. The summed E-state index contributed by atoms with van der Waals surface area (Å²) in [5.74, 6) is 1.82. The first-order valence-electron chi connectivity index (χ1n) is 8.78. The molecule has 1 aliphatic heterocycles. The lowest BCUT2D eigenvalue weighted by molar-refractivity contribution is 0.198. The van der Waals surface area contributed by atoms with Crippen LogP contribution in [0.3, 0.4) is 0 Å². The van der Waals surface area contributed by atoms with Crippen LogP contribution in [0, 0.1) is 11.8 Å². The van der Waals surface area contributed by atoms with Crippen molar-refractivity contribution in [3.8, 4) is 0 Å². The highest BCUT2D eigenvalue weighted by Gasteiger charge is 2.22. The molecule has 2 atom stereocenters. The lowest BCUT2D eigenvalue weighted by Gasteiger charge is -2.28. The fourth-order valence-corrected chi connectivity index (χ4v) is 3.30. The number of hydrogen-bond donors (Lipinski definition) is 1. The fraction of sp³-hybridized carbons (Fsp3) is 1.00.